The van der Waals surface area contributed by atoms with Gasteiger partial charge in [0.1, 0.15) is 0 Å². The number of halogens is 4. The number of carbonyl (C=O) groups excluding carboxylic acids is 1. The Morgan fingerprint density at radius 2 is 1.90 bits per heavy atom. The maximum absolute atomic E-state index is 13.0. The average molecular weight is 529 g/mol. The lowest BCUT2D eigenvalue weighted by atomic mass is 9.62. The van der Waals surface area contributed by atoms with Gasteiger partial charge in [0.15, 0.2) is 0 Å². The summed E-state index contributed by atoms with van der Waals surface area (Å²) in [7, 11) is 0. The lowest BCUT2D eigenvalue weighted by Crippen LogP contribution is -2.30. The van der Waals surface area contributed by atoms with Crippen molar-refractivity contribution in [3.05, 3.63) is 67.1 Å². The molecule has 0 heterocycles. The van der Waals surface area contributed by atoms with E-state index in [9.17, 15) is 4.79 Å². The Bertz CT molecular complexity index is 1050. The molecule has 0 aromatic heterocycles. The number of rotatable bonds is 5. The minimum atomic E-state index is -0.539. The first-order valence-corrected chi connectivity index (χ1v) is 12.0. The number of carbonyl (C=O) groups is 1. The molecule has 3 nitrogen and oxygen atoms in total. The van der Waals surface area contributed by atoms with Gasteiger partial charge in [-0.15, -0.1) is 0 Å². The van der Waals surface area contributed by atoms with Crippen LogP contribution in [0.1, 0.15) is 54.7 Å². The zero-order valence-corrected chi connectivity index (χ0v) is 20.3. The summed E-state index contributed by atoms with van der Waals surface area (Å²) in [4.78, 5) is 13.0. The molecule has 1 amide bonds. The molecule has 3 unspecified atom stereocenters. The van der Waals surface area contributed by atoms with Crippen LogP contribution in [0.3, 0.4) is 0 Å². The third-order valence-corrected chi connectivity index (χ3v) is 8.13. The van der Waals surface area contributed by atoms with E-state index in [1.807, 2.05) is 12.1 Å². The zero-order chi connectivity index (χ0) is 21.6. The maximum atomic E-state index is 13.0. The number of anilines is 1. The molecule has 2 aromatic rings. The van der Waals surface area contributed by atoms with Gasteiger partial charge in [-0.25, -0.2) is 0 Å². The number of amides is 1. The topological polar surface area (TPSA) is 55.1 Å². The van der Waals surface area contributed by atoms with Crippen LogP contribution >= 0.6 is 50.7 Å². The molecule has 1 saturated carbocycles. The molecule has 0 spiro atoms. The Morgan fingerprint density at radius 3 is 2.50 bits per heavy atom. The monoisotopic (exact) mass is 526 g/mol. The molecule has 0 saturated heterocycles. The Labute approximate surface area is 200 Å². The van der Waals surface area contributed by atoms with Crippen LogP contribution in [0.2, 0.25) is 10.0 Å². The highest BCUT2D eigenvalue weighted by Gasteiger charge is 2.41. The minimum Gasteiger partial charge on any atom is -0.329 e. The van der Waals surface area contributed by atoms with Crippen molar-refractivity contribution < 1.29 is 4.79 Å². The van der Waals surface area contributed by atoms with Crippen molar-refractivity contribution in [3.8, 4) is 0 Å². The van der Waals surface area contributed by atoms with Crippen molar-refractivity contribution in [1.29, 1.82) is 0 Å². The fourth-order valence-electron chi connectivity index (χ4n) is 4.62. The van der Waals surface area contributed by atoms with Gasteiger partial charge in [0, 0.05) is 21.7 Å². The van der Waals surface area contributed by atoms with Gasteiger partial charge in [-0.1, -0.05) is 63.7 Å². The largest absolute Gasteiger partial charge is 0.329 e. The molecule has 2 aliphatic rings. The van der Waals surface area contributed by atoms with Crippen LogP contribution in [0.4, 0.5) is 5.69 Å². The molecule has 2 aliphatic carbocycles. The van der Waals surface area contributed by atoms with E-state index in [0.717, 1.165) is 27.1 Å². The van der Waals surface area contributed by atoms with E-state index >= 15 is 0 Å². The van der Waals surface area contributed by atoms with Crippen molar-refractivity contribution >= 4 is 67.4 Å². The maximum Gasteiger partial charge on any atom is 0.233 e. The molecular formula is C23H22BrCl3N2O. The van der Waals surface area contributed by atoms with Crippen molar-refractivity contribution in [1.82, 2.24) is 0 Å². The molecule has 1 fully saturated rings. The number of nitrogens with one attached hydrogen (secondary N) is 1. The molecule has 2 aromatic carbocycles. The average Bonchev–Trinajstić information content (AvgIpc) is 2.68. The van der Waals surface area contributed by atoms with Gasteiger partial charge in [-0.3, -0.25) is 4.79 Å². The summed E-state index contributed by atoms with van der Waals surface area (Å²) >= 11 is 22.7. The summed E-state index contributed by atoms with van der Waals surface area (Å²) in [5, 5.41) is 4.67. The van der Waals surface area contributed by atoms with Crippen molar-refractivity contribution in [2.24, 2.45) is 11.7 Å². The normalized spacial score (nSPS) is 20.9. The first-order valence-electron chi connectivity index (χ1n) is 10.0. The molecule has 30 heavy (non-hydrogen) atoms. The van der Waals surface area contributed by atoms with Crippen LogP contribution in [-0.4, -0.2) is 12.5 Å². The second-order valence-electron chi connectivity index (χ2n) is 7.85. The Kier molecular flexibility index (Phi) is 6.53. The number of fused-ring (bicyclic) bond motifs is 3. The highest BCUT2D eigenvalue weighted by Crippen LogP contribution is 2.57. The predicted octanol–water partition coefficient (Wildman–Crippen LogP) is 7.30. The minimum absolute atomic E-state index is 0.153. The van der Waals surface area contributed by atoms with Crippen LogP contribution in [0.5, 0.6) is 0 Å². The fraction of sp³-hybridized carbons (Fsp3) is 0.348. The molecular weight excluding hydrogens is 507 g/mol. The Morgan fingerprint density at radius 1 is 1.17 bits per heavy atom. The second kappa shape index (κ2) is 8.84. The Hall–Kier alpha value is -1.04. The van der Waals surface area contributed by atoms with Crippen molar-refractivity contribution in [3.63, 3.8) is 0 Å². The van der Waals surface area contributed by atoms with Gasteiger partial charge in [-0.2, -0.15) is 0 Å². The molecule has 0 radical (unpaired) electrons. The van der Waals surface area contributed by atoms with Crippen LogP contribution in [0, 0.1) is 5.92 Å². The number of nitrogens with two attached hydrogens (primary N) is 1. The predicted molar refractivity (Wildman–Crippen MR) is 130 cm³/mol. The molecule has 0 bridgehead atoms. The highest BCUT2D eigenvalue weighted by molar-refractivity contribution is 9.10. The lowest BCUT2D eigenvalue weighted by molar-refractivity contribution is -0.117. The SMILES string of the molecule is CCC1=C(Cl)c2cc(NC(=O)C(CN)c3ccc(Cl)c(Cl)c3)cc(Br)c2C2CCC12. The summed E-state index contributed by atoms with van der Waals surface area (Å²) in [6.07, 6.45) is 3.30. The Balaban J connectivity index is 1.65. The summed E-state index contributed by atoms with van der Waals surface area (Å²) in [6, 6.07) is 9.07. The lowest BCUT2D eigenvalue weighted by Gasteiger charge is -2.44. The summed E-state index contributed by atoms with van der Waals surface area (Å²) in [5.41, 5.74) is 10.9. The van der Waals surface area contributed by atoms with E-state index in [0.29, 0.717) is 27.6 Å². The number of hydrogen-bond acceptors (Lipinski definition) is 2. The summed E-state index contributed by atoms with van der Waals surface area (Å²) < 4.78 is 0.983. The van der Waals surface area contributed by atoms with Gasteiger partial charge >= 0.3 is 0 Å². The van der Waals surface area contributed by atoms with Crippen LogP contribution in [0.15, 0.2) is 40.4 Å². The van der Waals surface area contributed by atoms with Gasteiger partial charge < -0.3 is 11.1 Å². The van der Waals surface area contributed by atoms with Crippen LogP contribution < -0.4 is 11.1 Å². The second-order valence-corrected chi connectivity index (χ2v) is 9.90. The third kappa shape index (κ3) is 3.82. The van der Waals surface area contributed by atoms with E-state index in [1.54, 1.807) is 18.2 Å². The third-order valence-electron chi connectivity index (χ3n) is 6.29. The highest BCUT2D eigenvalue weighted by atomic mass is 79.9. The van der Waals surface area contributed by atoms with E-state index in [-0.39, 0.29) is 12.5 Å². The summed E-state index contributed by atoms with van der Waals surface area (Å²) in [5.74, 6) is 0.311. The van der Waals surface area contributed by atoms with Gasteiger partial charge in [0.2, 0.25) is 5.91 Å². The number of benzene rings is 2. The fourth-order valence-corrected chi connectivity index (χ4v) is 6.11. The molecule has 0 aliphatic heterocycles. The summed E-state index contributed by atoms with van der Waals surface area (Å²) in [6.45, 7) is 2.31. The van der Waals surface area contributed by atoms with E-state index in [4.69, 9.17) is 40.5 Å². The number of hydrogen-bond donors (Lipinski definition) is 2. The smallest absolute Gasteiger partial charge is 0.233 e. The molecule has 7 heteroatoms. The van der Waals surface area contributed by atoms with Crippen LogP contribution in [-0.2, 0) is 4.79 Å². The first-order chi connectivity index (χ1) is 14.3. The van der Waals surface area contributed by atoms with E-state index in [1.165, 1.54) is 24.0 Å². The van der Waals surface area contributed by atoms with Crippen molar-refractivity contribution in [2.75, 3.05) is 11.9 Å². The van der Waals surface area contributed by atoms with Crippen molar-refractivity contribution in [2.45, 2.75) is 38.0 Å². The quantitative estimate of drug-likeness (QED) is 0.428. The molecule has 158 valence electrons. The van der Waals surface area contributed by atoms with Gasteiger partial charge in [0.05, 0.1) is 16.0 Å². The number of allylic oxidation sites excluding steroid dienone is 1. The molecule has 3 atom stereocenters. The van der Waals surface area contributed by atoms with Gasteiger partial charge in [-0.05, 0) is 77.6 Å². The van der Waals surface area contributed by atoms with Crippen LogP contribution in [0.25, 0.3) is 5.03 Å². The van der Waals surface area contributed by atoms with Gasteiger partial charge in [0.25, 0.3) is 0 Å². The molecule has 3 N–H and O–H groups in total. The van der Waals surface area contributed by atoms with E-state index in [2.05, 4.69) is 28.2 Å². The first kappa shape index (κ1) is 22.2. The zero-order valence-electron chi connectivity index (χ0n) is 16.4. The molecule has 4 rings (SSSR count). The van der Waals surface area contributed by atoms with E-state index < -0.39 is 5.92 Å². The standard InChI is InChI=1S/C23H22BrCl3N2O/c1-2-13-14-4-5-15(14)21-16(22(13)27)8-12(9-18(21)24)29-23(30)17(10-28)11-3-6-19(25)20(26)7-11/h3,6-9,14-15,17H,2,4-5,10,28H2,1H3,(H,29,30).